The smallest absolute Gasteiger partial charge is 0.224 e. The van der Waals surface area contributed by atoms with Gasteiger partial charge in [-0.15, -0.1) is 0 Å². The fraction of sp³-hybridized carbons (Fsp3) is 0.235. The summed E-state index contributed by atoms with van der Waals surface area (Å²) < 4.78 is 13.6. The highest BCUT2D eigenvalue weighted by atomic mass is 19.1. The molecule has 3 aromatic heterocycles. The molecule has 0 saturated heterocycles. The van der Waals surface area contributed by atoms with Crippen LogP contribution in [0.15, 0.2) is 43.5 Å². The molecule has 0 amide bonds. The van der Waals surface area contributed by atoms with Crippen LogP contribution >= 0.6 is 0 Å². The zero-order valence-corrected chi connectivity index (χ0v) is 13.6. The molecule has 3 N–H and O–H groups in total. The SMILES string of the molecule is C=CNc1ccc(-c2c[nH]c3nc(NCC(C)(C)F)ncc23)cn1. The van der Waals surface area contributed by atoms with Gasteiger partial charge in [0.2, 0.25) is 5.95 Å². The zero-order chi connectivity index (χ0) is 17.2. The molecule has 0 aliphatic carbocycles. The van der Waals surface area contributed by atoms with Crippen LogP contribution in [0.4, 0.5) is 16.2 Å². The van der Waals surface area contributed by atoms with Crippen molar-refractivity contribution in [2.24, 2.45) is 0 Å². The molecule has 0 aliphatic rings. The molecule has 6 nitrogen and oxygen atoms in total. The molecular formula is C17H19FN6. The lowest BCUT2D eigenvalue weighted by molar-refractivity contribution is 0.234. The molecule has 124 valence electrons. The van der Waals surface area contributed by atoms with Crippen LogP contribution < -0.4 is 10.6 Å². The quantitative estimate of drug-likeness (QED) is 0.643. The first-order valence-electron chi connectivity index (χ1n) is 7.57. The van der Waals surface area contributed by atoms with Gasteiger partial charge in [0.15, 0.2) is 0 Å². The van der Waals surface area contributed by atoms with Gasteiger partial charge in [-0.1, -0.05) is 6.58 Å². The van der Waals surface area contributed by atoms with Crippen molar-refractivity contribution in [3.63, 3.8) is 0 Å². The minimum Gasteiger partial charge on any atom is -0.351 e. The predicted molar refractivity (Wildman–Crippen MR) is 94.6 cm³/mol. The van der Waals surface area contributed by atoms with Gasteiger partial charge in [-0.2, -0.15) is 4.98 Å². The van der Waals surface area contributed by atoms with Crippen molar-refractivity contribution in [2.45, 2.75) is 19.5 Å². The largest absolute Gasteiger partial charge is 0.351 e. The molecule has 0 radical (unpaired) electrons. The van der Waals surface area contributed by atoms with Gasteiger partial charge in [0, 0.05) is 35.1 Å². The lowest BCUT2D eigenvalue weighted by Gasteiger charge is -2.14. The lowest BCUT2D eigenvalue weighted by Crippen LogP contribution is -2.25. The molecule has 0 atom stereocenters. The second-order valence-electron chi connectivity index (χ2n) is 6.01. The van der Waals surface area contributed by atoms with Crippen LogP contribution in [0.3, 0.4) is 0 Å². The van der Waals surface area contributed by atoms with E-state index in [-0.39, 0.29) is 6.54 Å². The molecule has 0 fully saturated rings. The molecule has 24 heavy (non-hydrogen) atoms. The standard InChI is InChI=1S/C17H19FN6/c1-4-19-14-6-5-11(7-20-14)12-8-21-15-13(12)9-22-16(24-15)23-10-17(2,3)18/h4-9H,1,10H2,2-3H3,(H,19,20)(H2,21,22,23,24). The highest BCUT2D eigenvalue weighted by Crippen LogP contribution is 2.27. The van der Waals surface area contributed by atoms with Crippen LogP contribution in [-0.4, -0.2) is 32.1 Å². The van der Waals surface area contributed by atoms with E-state index >= 15 is 0 Å². The first-order chi connectivity index (χ1) is 11.5. The van der Waals surface area contributed by atoms with Crippen molar-refractivity contribution in [3.05, 3.63) is 43.5 Å². The fourth-order valence-electron chi connectivity index (χ4n) is 2.26. The number of aromatic nitrogens is 4. The third kappa shape index (κ3) is 3.51. The molecular weight excluding hydrogens is 307 g/mol. The number of pyridine rings is 1. The third-order valence-electron chi connectivity index (χ3n) is 3.42. The summed E-state index contributed by atoms with van der Waals surface area (Å²) in [5, 5.41) is 6.71. The molecule has 0 aliphatic heterocycles. The second-order valence-corrected chi connectivity index (χ2v) is 6.01. The van der Waals surface area contributed by atoms with Gasteiger partial charge in [0.1, 0.15) is 17.1 Å². The summed E-state index contributed by atoms with van der Waals surface area (Å²) in [5.41, 5.74) is 1.27. The van der Waals surface area contributed by atoms with Gasteiger partial charge < -0.3 is 15.6 Å². The van der Waals surface area contributed by atoms with E-state index in [0.717, 1.165) is 22.3 Å². The molecule has 7 heteroatoms. The second kappa shape index (κ2) is 6.27. The molecule has 0 bridgehead atoms. The van der Waals surface area contributed by atoms with Crippen LogP contribution in [0.1, 0.15) is 13.8 Å². The van der Waals surface area contributed by atoms with Gasteiger partial charge in [0.25, 0.3) is 0 Å². The highest BCUT2D eigenvalue weighted by molar-refractivity contribution is 5.93. The Kier molecular flexibility index (Phi) is 4.16. The minimum absolute atomic E-state index is 0.147. The Morgan fingerprint density at radius 3 is 2.79 bits per heavy atom. The topological polar surface area (TPSA) is 78.5 Å². The molecule has 3 rings (SSSR count). The molecule has 0 unspecified atom stereocenters. The number of H-pyrrole nitrogens is 1. The number of hydrogen-bond acceptors (Lipinski definition) is 5. The number of fused-ring (bicyclic) bond motifs is 1. The fourth-order valence-corrected chi connectivity index (χ4v) is 2.26. The first-order valence-corrected chi connectivity index (χ1v) is 7.57. The maximum Gasteiger partial charge on any atom is 0.224 e. The molecule has 0 aromatic carbocycles. The Hall–Kier alpha value is -2.96. The Balaban J connectivity index is 1.86. The van der Waals surface area contributed by atoms with Crippen LogP contribution in [0, 0.1) is 0 Å². The van der Waals surface area contributed by atoms with Crippen molar-refractivity contribution in [2.75, 3.05) is 17.2 Å². The number of anilines is 2. The summed E-state index contributed by atoms with van der Waals surface area (Å²) in [6.45, 7) is 6.76. The van der Waals surface area contributed by atoms with Crippen molar-refractivity contribution < 1.29 is 4.39 Å². The number of aromatic amines is 1. The Labute approximate surface area is 139 Å². The molecule has 3 aromatic rings. The number of nitrogens with zero attached hydrogens (tertiary/aromatic N) is 3. The van der Waals surface area contributed by atoms with E-state index in [1.807, 2.05) is 18.3 Å². The third-order valence-corrected chi connectivity index (χ3v) is 3.42. The summed E-state index contributed by atoms with van der Waals surface area (Å²) in [7, 11) is 0. The normalized spacial score (nSPS) is 11.5. The Bertz CT molecular complexity index is 848. The summed E-state index contributed by atoms with van der Waals surface area (Å²) in [5.74, 6) is 1.12. The van der Waals surface area contributed by atoms with Gasteiger partial charge in [-0.05, 0) is 32.2 Å². The van der Waals surface area contributed by atoms with Crippen molar-refractivity contribution in [3.8, 4) is 11.1 Å². The average Bonchev–Trinajstić information content (AvgIpc) is 2.96. The van der Waals surface area contributed by atoms with E-state index in [1.54, 1.807) is 18.6 Å². The molecule has 0 spiro atoms. The minimum atomic E-state index is -1.33. The number of rotatable bonds is 6. The van der Waals surface area contributed by atoms with Crippen LogP contribution in [-0.2, 0) is 0 Å². The Morgan fingerprint density at radius 2 is 2.12 bits per heavy atom. The van der Waals surface area contributed by atoms with E-state index in [4.69, 9.17) is 0 Å². The monoisotopic (exact) mass is 326 g/mol. The molecule has 0 saturated carbocycles. The Morgan fingerprint density at radius 1 is 1.29 bits per heavy atom. The summed E-state index contributed by atoms with van der Waals surface area (Å²) in [6.07, 6.45) is 6.93. The van der Waals surface area contributed by atoms with E-state index in [0.29, 0.717) is 11.6 Å². The number of hydrogen-bond donors (Lipinski definition) is 3. The maximum atomic E-state index is 13.6. The van der Waals surface area contributed by atoms with E-state index < -0.39 is 5.67 Å². The van der Waals surface area contributed by atoms with Crippen LogP contribution in [0.25, 0.3) is 22.2 Å². The number of alkyl halides is 1. The maximum absolute atomic E-state index is 13.6. The van der Waals surface area contributed by atoms with Gasteiger partial charge in [0.05, 0.1) is 6.54 Å². The first kappa shape index (κ1) is 15.9. The van der Waals surface area contributed by atoms with Crippen molar-refractivity contribution in [1.29, 1.82) is 0 Å². The summed E-state index contributed by atoms with van der Waals surface area (Å²) in [6, 6.07) is 3.83. The van der Waals surface area contributed by atoms with Gasteiger partial charge in [-0.25, -0.2) is 14.4 Å². The van der Waals surface area contributed by atoms with Crippen molar-refractivity contribution in [1.82, 2.24) is 19.9 Å². The van der Waals surface area contributed by atoms with E-state index in [1.165, 1.54) is 13.8 Å². The number of nitrogens with one attached hydrogen (secondary N) is 3. The summed E-state index contributed by atoms with van der Waals surface area (Å²) >= 11 is 0. The van der Waals surface area contributed by atoms with Crippen LogP contribution in [0.2, 0.25) is 0 Å². The van der Waals surface area contributed by atoms with Crippen molar-refractivity contribution >= 4 is 22.8 Å². The number of halogens is 1. The van der Waals surface area contributed by atoms with Gasteiger partial charge in [-0.3, -0.25) is 0 Å². The predicted octanol–water partition coefficient (Wildman–Crippen LogP) is 3.74. The average molecular weight is 326 g/mol. The highest BCUT2D eigenvalue weighted by Gasteiger charge is 2.16. The lowest BCUT2D eigenvalue weighted by atomic mass is 10.1. The van der Waals surface area contributed by atoms with E-state index in [9.17, 15) is 4.39 Å². The summed E-state index contributed by atoms with van der Waals surface area (Å²) in [4.78, 5) is 16.1. The van der Waals surface area contributed by atoms with Gasteiger partial charge >= 0.3 is 0 Å². The van der Waals surface area contributed by atoms with E-state index in [2.05, 4.69) is 37.1 Å². The zero-order valence-electron chi connectivity index (χ0n) is 13.6. The molecule has 3 heterocycles. The van der Waals surface area contributed by atoms with Crippen LogP contribution in [0.5, 0.6) is 0 Å².